The second kappa shape index (κ2) is 7.38. The molecule has 0 unspecified atom stereocenters. The average molecular weight is 431 g/mol. The molecule has 1 atom stereocenters. The zero-order valence-corrected chi connectivity index (χ0v) is 17.8. The SMILES string of the molecule is C[C@H]1CC2(CCN(c3ncc(Sc4ccnc(N)c4Cl)c4occc34)CC2)CO1. The summed E-state index contributed by atoms with van der Waals surface area (Å²) in [5.74, 6) is 1.31. The van der Waals surface area contributed by atoms with Crippen LogP contribution in [0.4, 0.5) is 11.6 Å². The number of nitrogens with zero attached hydrogens (tertiary/aromatic N) is 3. The summed E-state index contributed by atoms with van der Waals surface area (Å²) in [5, 5.41) is 1.48. The van der Waals surface area contributed by atoms with E-state index in [2.05, 4.69) is 16.8 Å². The lowest BCUT2D eigenvalue weighted by molar-refractivity contribution is 0.0976. The Morgan fingerprint density at radius 3 is 2.83 bits per heavy atom. The zero-order chi connectivity index (χ0) is 20.0. The van der Waals surface area contributed by atoms with E-state index < -0.39 is 0 Å². The third-order valence-corrected chi connectivity index (χ3v) is 7.63. The van der Waals surface area contributed by atoms with Crippen LogP contribution in [0.25, 0.3) is 11.0 Å². The minimum atomic E-state index is 0.324. The molecule has 1 spiro atoms. The zero-order valence-electron chi connectivity index (χ0n) is 16.2. The number of furan rings is 1. The fraction of sp³-hybridized carbons (Fsp3) is 0.429. The molecule has 0 aromatic carbocycles. The number of anilines is 2. The Bertz CT molecular complexity index is 1050. The van der Waals surface area contributed by atoms with Crippen molar-refractivity contribution in [1.29, 1.82) is 0 Å². The highest BCUT2D eigenvalue weighted by atomic mass is 35.5. The van der Waals surface area contributed by atoms with Gasteiger partial charge in [0.2, 0.25) is 0 Å². The maximum absolute atomic E-state index is 6.31. The molecule has 2 saturated heterocycles. The maximum Gasteiger partial charge on any atom is 0.153 e. The Hall–Kier alpha value is -1.96. The smallest absolute Gasteiger partial charge is 0.153 e. The highest BCUT2D eigenvalue weighted by molar-refractivity contribution is 7.99. The molecule has 2 N–H and O–H groups in total. The van der Waals surface area contributed by atoms with Crippen LogP contribution >= 0.6 is 23.4 Å². The van der Waals surface area contributed by atoms with Crippen LogP contribution in [-0.2, 0) is 4.74 Å². The summed E-state index contributed by atoms with van der Waals surface area (Å²) in [5.41, 5.74) is 7.01. The van der Waals surface area contributed by atoms with Crippen molar-refractivity contribution in [3.8, 4) is 0 Å². The number of aromatic nitrogens is 2. The predicted octanol–water partition coefficient (Wildman–Crippen LogP) is 5.01. The molecule has 0 aliphatic carbocycles. The highest BCUT2D eigenvalue weighted by Gasteiger charge is 2.41. The van der Waals surface area contributed by atoms with Gasteiger partial charge in [0.25, 0.3) is 0 Å². The molecule has 29 heavy (non-hydrogen) atoms. The molecule has 6 nitrogen and oxygen atoms in total. The quantitative estimate of drug-likeness (QED) is 0.626. The lowest BCUT2D eigenvalue weighted by Crippen LogP contribution is -2.41. The standard InChI is InChI=1S/C21H23ClN4O2S/c1-13-10-21(12-28-13)4-7-26(8-5-21)20-14-3-9-27-18(14)16(11-25-20)29-15-2-6-24-19(23)17(15)22/h2-3,6,9,11,13H,4-5,7-8,10,12H2,1H3,(H2,23,24)/t13-/m0/s1. The molecule has 0 amide bonds. The molecule has 2 fully saturated rings. The molecule has 5 heterocycles. The minimum Gasteiger partial charge on any atom is -0.463 e. The van der Waals surface area contributed by atoms with E-state index in [1.165, 1.54) is 18.2 Å². The van der Waals surface area contributed by atoms with Crippen molar-refractivity contribution in [2.45, 2.75) is 42.1 Å². The Balaban J connectivity index is 1.40. The van der Waals surface area contributed by atoms with E-state index in [1.54, 1.807) is 12.5 Å². The number of ether oxygens (including phenoxy) is 1. The van der Waals surface area contributed by atoms with Gasteiger partial charge < -0.3 is 19.8 Å². The number of rotatable bonds is 3. The van der Waals surface area contributed by atoms with Crippen molar-refractivity contribution in [3.05, 3.63) is 35.8 Å². The Morgan fingerprint density at radius 2 is 2.07 bits per heavy atom. The van der Waals surface area contributed by atoms with E-state index in [9.17, 15) is 0 Å². The van der Waals surface area contributed by atoms with Gasteiger partial charge in [0.15, 0.2) is 5.58 Å². The number of pyridine rings is 2. The van der Waals surface area contributed by atoms with Crippen molar-refractivity contribution in [2.24, 2.45) is 5.41 Å². The topological polar surface area (TPSA) is 77.4 Å². The van der Waals surface area contributed by atoms with Gasteiger partial charge in [-0.2, -0.15) is 0 Å². The van der Waals surface area contributed by atoms with Crippen LogP contribution in [0.5, 0.6) is 0 Å². The van der Waals surface area contributed by atoms with E-state index in [4.69, 9.17) is 31.5 Å². The second-order valence-electron chi connectivity index (χ2n) is 8.03. The van der Waals surface area contributed by atoms with Crippen molar-refractivity contribution in [2.75, 3.05) is 30.3 Å². The number of hydrogen-bond acceptors (Lipinski definition) is 7. The van der Waals surface area contributed by atoms with Gasteiger partial charge in [0.05, 0.1) is 34.3 Å². The normalized spacial score (nSPS) is 21.3. The lowest BCUT2D eigenvalue weighted by atomic mass is 9.77. The van der Waals surface area contributed by atoms with Gasteiger partial charge in [-0.1, -0.05) is 23.4 Å². The monoisotopic (exact) mass is 430 g/mol. The average Bonchev–Trinajstić information content (AvgIpc) is 3.34. The molecule has 2 aliphatic rings. The first-order chi connectivity index (χ1) is 14.0. The molecule has 5 rings (SSSR count). The van der Waals surface area contributed by atoms with Crippen LogP contribution in [0.1, 0.15) is 26.2 Å². The number of nitrogens with two attached hydrogens (primary N) is 1. The maximum atomic E-state index is 6.31. The molecule has 8 heteroatoms. The summed E-state index contributed by atoms with van der Waals surface area (Å²) in [7, 11) is 0. The summed E-state index contributed by atoms with van der Waals surface area (Å²) >= 11 is 7.80. The fourth-order valence-corrected chi connectivity index (χ4v) is 5.62. The van der Waals surface area contributed by atoms with Gasteiger partial charge in [-0.3, -0.25) is 0 Å². The molecule has 3 aromatic rings. The van der Waals surface area contributed by atoms with Crippen molar-refractivity contribution < 1.29 is 9.15 Å². The third-order valence-electron chi connectivity index (χ3n) is 6.05. The van der Waals surface area contributed by atoms with Crippen LogP contribution in [0.3, 0.4) is 0 Å². The van der Waals surface area contributed by atoms with Crippen molar-refractivity contribution >= 4 is 46.0 Å². The Kier molecular flexibility index (Phi) is 4.84. The second-order valence-corrected chi connectivity index (χ2v) is 9.49. The first-order valence-corrected chi connectivity index (χ1v) is 11.0. The first kappa shape index (κ1) is 19.0. The summed E-state index contributed by atoms with van der Waals surface area (Å²) in [4.78, 5) is 12.9. The summed E-state index contributed by atoms with van der Waals surface area (Å²) in [6, 6.07) is 3.84. The van der Waals surface area contributed by atoms with Gasteiger partial charge in [0.1, 0.15) is 11.6 Å². The number of piperidine rings is 1. The van der Waals surface area contributed by atoms with Gasteiger partial charge >= 0.3 is 0 Å². The van der Waals surface area contributed by atoms with Gasteiger partial charge in [-0.15, -0.1) is 0 Å². The Morgan fingerprint density at radius 1 is 1.24 bits per heavy atom. The summed E-state index contributed by atoms with van der Waals surface area (Å²) in [6.45, 7) is 5.05. The van der Waals surface area contributed by atoms with Crippen LogP contribution < -0.4 is 10.6 Å². The predicted molar refractivity (Wildman–Crippen MR) is 116 cm³/mol. The van der Waals surface area contributed by atoms with E-state index >= 15 is 0 Å². The van der Waals surface area contributed by atoms with E-state index in [1.807, 2.05) is 18.3 Å². The third kappa shape index (κ3) is 3.45. The van der Waals surface area contributed by atoms with Crippen LogP contribution in [-0.4, -0.2) is 35.8 Å². The molecule has 0 saturated carbocycles. The van der Waals surface area contributed by atoms with Gasteiger partial charge in [-0.25, -0.2) is 9.97 Å². The molecule has 3 aromatic heterocycles. The lowest BCUT2D eigenvalue weighted by Gasteiger charge is -2.39. The summed E-state index contributed by atoms with van der Waals surface area (Å²) < 4.78 is 11.7. The largest absolute Gasteiger partial charge is 0.463 e. The molecule has 0 radical (unpaired) electrons. The van der Waals surface area contributed by atoms with Gasteiger partial charge in [0, 0.05) is 30.4 Å². The van der Waals surface area contributed by atoms with Crippen molar-refractivity contribution in [3.63, 3.8) is 0 Å². The highest BCUT2D eigenvalue weighted by Crippen LogP contribution is 2.44. The molecule has 2 aliphatic heterocycles. The fourth-order valence-electron chi connectivity index (χ4n) is 4.48. The minimum absolute atomic E-state index is 0.324. The van der Waals surface area contributed by atoms with E-state index in [0.29, 0.717) is 22.4 Å². The molecular formula is C21H23ClN4O2S. The molecular weight excluding hydrogens is 408 g/mol. The van der Waals surface area contributed by atoms with Crippen molar-refractivity contribution in [1.82, 2.24) is 9.97 Å². The molecule has 152 valence electrons. The first-order valence-electron chi connectivity index (χ1n) is 9.85. The van der Waals surface area contributed by atoms with Gasteiger partial charge in [-0.05, 0) is 43.7 Å². The van der Waals surface area contributed by atoms with E-state index in [-0.39, 0.29) is 0 Å². The Labute approximate surface area is 178 Å². The number of halogens is 1. The number of fused-ring (bicyclic) bond motifs is 1. The number of hydrogen-bond donors (Lipinski definition) is 1. The van der Waals surface area contributed by atoms with Crippen LogP contribution in [0.2, 0.25) is 5.02 Å². The van der Waals surface area contributed by atoms with E-state index in [0.717, 1.165) is 59.1 Å². The number of nitrogen functional groups attached to an aromatic ring is 1. The molecule has 0 bridgehead atoms. The van der Waals surface area contributed by atoms with Crippen LogP contribution in [0, 0.1) is 5.41 Å². The summed E-state index contributed by atoms with van der Waals surface area (Å²) in [6.07, 6.45) is 9.07. The van der Waals surface area contributed by atoms with Crippen LogP contribution in [0.15, 0.2) is 45.0 Å².